The number of nitrogens with zero attached hydrogens (tertiary/aromatic N) is 4. The fourth-order valence-corrected chi connectivity index (χ4v) is 3.25. The van der Waals surface area contributed by atoms with Gasteiger partial charge in [-0.15, -0.1) is 4.68 Å². The summed E-state index contributed by atoms with van der Waals surface area (Å²) >= 11 is 0. The van der Waals surface area contributed by atoms with Crippen LogP contribution in [-0.4, -0.2) is 77.6 Å². The van der Waals surface area contributed by atoms with E-state index in [1.165, 1.54) is 0 Å². The van der Waals surface area contributed by atoms with E-state index in [9.17, 15) is 4.79 Å². The molecule has 2 aliphatic heterocycles. The minimum atomic E-state index is 0.220. The Morgan fingerprint density at radius 1 is 1.11 bits per heavy atom. The van der Waals surface area contributed by atoms with Gasteiger partial charge in [0.2, 0.25) is 0 Å². The first-order chi connectivity index (χ1) is 8.50. The molecule has 0 aromatic heterocycles. The molecule has 0 spiro atoms. The zero-order valence-corrected chi connectivity index (χ0v) is 11.8. The highest BCUT2D eigenvalue weighted by atomic mass is 16.2. The zero-order chi connectivity index (χ0) is 13.3. The first-order valence-corrected chi connectivity index (χ1v) is 6.87. The lowest BCUT2D eigenvalue weighted by atomic mass is 10.1. The molecule has 0 aromatic rings. The normalized spacial score (nSPS) is 28.7. The van der Waals surface area contributed by atoms with Crippen molar-refractivity contribution in [2.45, 2.75) is 38.8 Å². The van der Waals surface area contributed by atoms with E-state index < -0.39 is 0 Å². The molecule has 102 valence electrons. The average Bonchev–Trinajstić information content (AvgIpc) is 2.79. The predicted octanol–water partition coefficient (Wildman–Crippen LogP) is 0.855. The molecule has 2 amide bonds. The minimum Gasteiger partial charge on any atom is -0.325 e. The van der Waals surface area contributed by atoms with Crippen LogP contribution in [0, 0.1) is 0 Å². The summed E-state index contributed by atoms with van der Waals surface area (Å²) < 4.78 is 1.90. The number of carbonyl (C=O) groups is 1. The van der Waals surface area contributed by atoms with E-state index in [1.54, 1.807) is 0 Å². The average molecular weight is 253 g/mol. The number of carbonyl (C=O) groups excluding carboxylic acids is 1. The summed E-state index contributed by atoms with van der Waals surface area (Å²) in [6.45, 7) is 11.7. The van der Waals surface area contributed by atoms with Gasteiger partial charge >= 0.3 is 6.03 Å². The Morgan fingerprint density at radius 3 is 2.06 bits per heavy atom. The minimum absolute atomic E-state index is 0.220. The number of hydrogen-bond acceptors (Lipinski definition) is 2. The van der Waals surface area contributed by atoms with Gasteiger partial charge in [0.25, 0.3) is 0 Å². The van der Waals surface area contributed by atoms with Gasteiger partial charge in [-0.2, -0.15) is 5.01 Å². The number of likely N-dealkylation sites (tertiary alicyclic amines) is 1. The van der Waals surface area contributed by atoms with Crippen LogP contribution in [0.4, 0.5) is 4.79 Å². The van der Waals surface area contributed by atoms with Gasteiger partial charge in [0, 0.05) is 26.2 Å². The molecule has 2 atom stereocenters. The van der Waals surface area contributed by atoms with Crippen molar-refractivity contribution in [1.29, 1.82) is 0 Å². The van der Waals surface area contributed by atoms with Gasteiger partial charge in [-0.05, 0) is 26.7 Å². The lowest BCUT2D eigenvalue weighted by Gasteiger charge is -2.42. The molecule has 5 nitrogen and oxygen atoms in total. The van der Waals surface area contributed by atoms with Crippen LogP contribution in [0.2, 0.25) is 0 Å². The second-order valence-corrected chi connectivity index (χ2v) is 5.62. The standard InChI is InChI=1S/C13H25N4O/c1-11-9-16(10-12(2)17(11)14(3)4)13(18)15-7-5-6-8-15/h11-12H,3,5-10H2,1-2,4H3/q+1/t11-,12+. The fourth-order valence-electron chi connectivity index (χ4n) is 3.25. The van der Waals surface area contributed by atoms with Crippen LogP contribution in [0.25, 0.3) is 0 Å². The van der Waals surface area contributed by atoms with Crippen LogP contribution >= 0.6 is 0 Å². The summed E-state index contributed by atoms with van der Waals surface area (Å²) in [6, 6.07) is 0.864. The summed E-state index contributed by atoms with van der Waals surface area (Å²) in [5, 5.41) is 2.24. The van der Waals surface area contributed by atoms with E-state index in [4.69, 9.17) is 0 Å². The number of hydrogen-bond donors (Lipinski definition) is 0. The summed E-state index contributed by atoms with van der Waals surface area (Å²) in [6.07, 6.45) is 2.30. The van der Waals surface area contributed by atoms with Crippen molar-refractivity contribution >= 4 is 12.7 Å². The summed E-state index contributed by atoms with van der Waals surface area (Å²) in [7, 11) is 1.96. The maximum absolute atomic E-state index is 12.4. The second-order valence-electron chi connectivity index (χ2n) is 5.62. The Labute approximate surface area is 110 Å². The van der Waals surface area contributed by atoms with Crippen molar-refractivity contribution in [3.8, 4) is 0 Å². The summed E-state index contributed by atoms with van der Waals surface area (Å²) in [5.74, 6) is 0. The molecule has 0 aromatic carbocycles. The summed E-state index contributed by atoms with van der Waals surface area (Å²) in [5.41, 5.74) is 0. The highest BCUT2D eigenvalue weighted by Gasteiger charge is 2.37. The second kappa shape index (κ2) is 5.16. The van der Waals surface area contributed by atoms with Gasteiger partial charge in [-0.25, -0.2) is 4.79 Å². The van der Waals surface area contributed by atoms with Gasteiger partial charge in [-0.1, -0.05) is 0 Å². The molecule has 18 heavy (non-hydrogen) atoms. The Bertz CT molecular complexity index is 326. The van der Waals surface area contributed by atoms with Gasteiger partial charge in [0.05, 0.1) is 12.1 Å². The largest absolute Gasteiger partial charge is 0.325 e. The summed E-state index contributed by atoms with van der Waals surface area (Å²) in [4.78, 5) is 16.4. The van der Waals surface area contributed by atoms with E-state index >= 15 is 0 Å². The maximum atomic E-state index is 12.4. The number of rotatable bonds is 1. The smallest absolute Gasteiger partial charge is 0.320 e. The molecular weight excluding hydrogens is 228 g/mol. The maximum Gasteiger partial charge on any atom is 0.320 e. The van der Waals surface area contributed by atoms with Gasteiger partial charge < -0.3 is 9.80 Å². The predicted molar refractivity (Wildman–Crippen MR) is 71.8 cm³/mol. The third-order valence-electron chi connectivity index (χ3n) is 3.91. The Balaban J connectivity index is 2.00. The molecular formula is C13H25N4O+. The van der Waals surface area contributed by atoms with Gasteiger partial charge in [0.1, 0.15) is 0 Å². The topological polar surface area (TPSA) is 29.8 Å². The molecule has 0 saturated carbocycles. The van der Waals surface area contributed by atoms with Crippen LogP contribution in [0.15, 0.2) is 0 Å². The lowest BCUT2D eigenvalue weighted by Crippen LogP contribution is -2.61. The van der Waals surface area contributed by atoms with Crippen molar-refractivity contribution in [1.82, 2.24) is 14.8 Å². The zero-order valence-electron chi connectivity index (χ0n) is 11.8. The molecule has 2 aliphatic rings. The SMILES string of the molecule is C=[N+](C)N1[C@H](C)CN(C(=O)N2CCCC2)C[C@@H]1C. The van der Waals surface area contributed by atoms with E-state index in [1.807, 2.05) is 21.5 Å². The van der Waals surface area contributed by atoms with Gasteiger partial charge in [-0.3, -0.25) is 0 Å². The van der Waals surface area contributed by atoms with Crippen LogP contribution in [-0.2, 0) is 0 Å². The van der Waals surface area contributed by atoms with Crippen molar-refractivity contribution in [2.75, 3.05) is 33.2 Å². The molecule has 0 bridgehead atoms. The Morgan fingerprint density at radius 2 is 1.61 bits per heavy atom. The van der Waals surface area contributed by atoms with Crippen molar-refractivity contribution < 1.29 is 9.48 Å². The first kappa shape index (κ1) is 13.2. The first-order valence-electron chi connectivity index (χ1n) is 6.87. The van der Waals surface area contributed by atoms with Gasteiger partial charge in [0.15, 0.2) is 13.8 Å². The monoisotopic (exact) mass is 253 g/mol. The Kier molecular flexibility index (Phi) is 3.78. The third-order valence-corrected chi connectivity index (χ3v) is 3.91. The molecule has 0 radical (unpaired) electrons. The number of hydrazone groups is 1. The third kappa shape index (κ3) is 2.44. The molecule has 2 fully saturated rings. The highest BCUT2D eigenvalue weighted by molar-refractivity contribution is 5.75. The Hall–Kier alpha value is -1.26. The van der Waals surface area contributed by atoms with Crippen LogP contribution in [0.5, 0.6) is 0 Å². The molecule has 2 rings (SSSR count). The number of hydrazine groups is 1. The molecule has 0 aliphatic carbocycles. The van der Waals surface area contributed by atoms with Crippen LogP contribution < -0.4 is 0 Å². The van der Waals surface area contributed by atoms with Crippen LogP contribution in [0.3, 0.4) is 0 Å². The number of urea groups is 1. The molecule has 5 heteroatoms. The quantitative estimate of drug-likeness (QED) is 0.512. The van der Waals surface area contributed by atoms with Crippen molar-refractivity contribution in [2.24, 2.45) is 0 Å². The molecule has 2 saturated heterocycles. The highest BCUT2D eigenvalue weighted by Crippen LogP contribution is 2.18. The van der Waals surface area contributed by atoms with Crippen molar-refractivity contribution in [3.05, 3.63) is 0 Å². The number of piperazine rings is 1. The molecule has 0 N–H and O–H groups in total. The van der Waals surface area contributed by atoms with E-state index in [0.717, 1.165) is 39.0 Å². The van der Waals surface area contributed by atoms with Crippen molar-refractivity contribution in [3.63, 3.8) is 0 Å². The van der Waals surface area contributed by atoms with Crippen LogP contribution in [0.1, 0.15) is 26.7 Å². The van der Waals surface area contributed by atoms with E-state index in [2.05, 4.69) is 25.6 Å². The lowest BCUT2D eigenvalue weighted by molar-refractivity contribution is -0.680. The molecule has 0 unspecified atom stereocenters. The van der Waals surface area contributed by atoms with E-state index in [-0.39, 0.29) is 6.03 Å². The van der Waals surface area contributed by atoms with E-state index in [0.29, 0.717) is 12.1 Å². The number of amides is 2. The fraction of sp³-hybridized carbons (Fsp3) is 0.846. The molecule has 2 heterocycles.